The van der Waals surface area contributed by atoms with Gasteiger partial charge in [-0.1, -0.05) is 35.9 Å². The van der Waals surface area contributed by atoms with E-state index in [-0.39, 0.29) is 17.9 Å². The minimum absolute atomic E-state index is 0.0211. The van der Waals surface area contributed by atoms with Crippen LogP contribution in [-0.2, 0) is 11.2 Å². The van der Waals surface area contributed by atoms with Crippen molar-refractivity contribution >= 4 is 29.2 Å². The van der Waals surface area contributed by atoms with E-state index in [9.17, 15) is 9.59 Å². The maximum Gasteiger partial charge on any atom is 0.335 e. The monoisotopic (exact) mass is 303 g/mol. The number of hydrogen-bond donors (Lipinski definition) is 2. The van der Waals surface area contributed by atoms with Crippen molar-refractivity contribution in [2.45, 2.75) is 13.3 Å². The third-order valence-electron chi connectivity index (χ3n) is 2.99. The smallest absolute Gasteiger partial charge is 0.335 e. The fraction of sp³-hybridized carbons (Fsp3) is 0.125. The molecule has 0 unspecified atom stereocenters. The first-order valence-electron chi connectivity index (χ1n) is 6.34. The second-order valence-electron chi connectivity index (χ2n) is 4.67. The first-order valence-corrected chi connectivity index (χ1v) is 6.72. The van der Waals surface area contributed by atoms with Gasteiger partial charge in [0.25, 0.3) is 0 Å². The van der Waals surface area contributed by atoms with Crippen LogP contribution < -0.4 is 5.32 Å². The van der Waals surface area contributed by atoms with E-state index in [0.29, 0.717) is 16.3 Å². The second-order valence-corrected chi connectivity index (χ2v) is 5.08. The maximum atomic E-state index is 12.1. The summed E-state index contributed by atoms with van der Waals surface area (Å²) in [5.41, 5.74) is 2.09. The molecule has 0 aliphatic carbocycles. The topological polar surface area (TPSA) is 66.4 Å². The lowest BCUT2D eigenvalue weighted by Crippen LogP contribution is -2.16. The van der Waals surface area contributed by atoms with E-state index in [1.807, 2.05) is 13.0 Å². The molecular formula is C16H14ClNO3. The van der Waals surface area contributed by atoms with Gasteiger partial charge in [-0.15, -0.1) is 0 Å². The van der Waals surface area contributed by atoms with Crippen molar-refractivity contribution in [1.29, 1.82) is 0 Å². The number of halogens is 1. The van der Waals surface area contributed by atoms with Gasteiger partial charge in [0.2, 0.25) is 5.91 Å². The SMILES string of the molecule is Cc1ccc(Cl)c(NC(=O)Cc2ccccc2C(=O)O)c1. The number of carbonyl (C=O) groups excluding carboxylic acids is 1. The lowest BCUT2D eigenvalue weighted by atomic mass is 10.0. The quantitative estimate of drug-likeness (QED) is 0.908. The zero-order chi connectivity index (χ0) is 15.4. The van der Waals surface area contributed by atoms with Gasteiger partial charge in [-0.3, -0.25) is 4.79 Å². The van der Waals surface area contributed by atoms with Crippen molar-refractivity contribution in [3.8, 4) is 0 Å². The summed E-state index contributed by atoms with van der Waals surface area (Å²) in [7, 11) is 0. The van der Waals surface area contributed by atoms with Crippen molar-refractivity contribution in [1.82, 2.24) is 0 Å². The summed E-state index contributed by atoms with van der Waals surface area (Å²) in [4.78, 5) is 23.2. The molecule has 2 N–H and O–H groups in total. The largest absolute Gasteiger partial charge is 0.478 e. The molecule has 0 radical (unpaired) electrons. The van der Waals surface area contributed by atoms with Crippen molar-refractivity contribution in [3.05, 3.63) is 64.2 Å². The van der Waals surface area contributed by atoms with Crippen LogP contribution in [0, 0.1) is 6.92 Å². The van der Waals surface area contributed by atoms with Crippen LogP contribution in [0.3, 0.4) is 0 Å². The van der Waals surface area contributed by atoms with Crippen LogP contribution in [0.2, 0.25) is 5.02 Å². The molecule has 0 aliphatic rings. The van der Waals surface area contributed by atoms with E-state index in [0.717, 1.165) is 5.56 Å². The van der Waals surface area contributed by atoms with E-state index >= 15 is 0 Å². The van der Waals surface area contributed by atoms with Crippen LogP contribution in [0.25, 0.3) is 0 Å². The van der Waals surface area contributed by atoms with Crippen LogP contribution in [-0.4, -0.2) is 17.0 Å². The van der Waals surface area contributed by atoms with E-state index in [1.54, 1.807) is 30.3 Å². The molecule has 0 bridgehead atoms. The highest BCUT2D eigenvalue weighted by Crippen LogP contribution is 2.23. The highest BCUT2D eigenvalue weighted by molar-refractivity contribution is 6.33. The number of carbonyl (C=O) groups is 2. The van der Waals surface area contributed by atoms with E-state index in [1.165, 1.54) is 6.07 Å². The molecule has 0 heterocycles. The standard InChI is InChI=1S/C16H14ClNO3/c1-10-6-7-13(17)14(8-10)18-15(19)9-11-4-2-3-5-12(11)16(20)21/h2-8H,9H2,1H3,(H,18,19)(H,20,21). The molecule has 2 aromatic rings. The second kappa shape index (κ2) is 6.41. The number of carboxylic acid groups (broad SMARTS) is 1. The number of amides is 1. The summed E-state index contributed by atoms with van der Waals surface area (Å²) in [6.45, 7) is 1.89. The highest BCUT2D eigenvalue weighted by Gasteiger charge is 2.13. The predicted octanol–water partition coefficient (Wildman–Crippen LogP) is 3.53. The molecule has 2 rings (SSSR count). The van der Waals surface area contributed by atoms with Crippen molar-refractivity contribution in [2.75, 3.05) is 5.32 Å². The molecule has 21 heavy (non-hydrogen) atoms. The van der Waals surface area contributed by atoms with Crippen LogP contribution in [0.15, 0.2) is 42.5 Å². The minimum Gasteiger partial charge on any atom is -0.478 e. The van der Waals surface area contributed by atoms with Gasteiger partial charge in [-0.2, -0.15) is 0 Å². The molecule has 0 fully saturated rings. The van der Waals surface area contributed by atoms with Crippen molar-refractivity contribution < 1.29 is 14.7 Å². The number of nitrogens with one attached hydrogen (secondary N) is 1. The normalized spacial score (nSPS) is 10.2. The van der Waals surface area contributed by atoms with Crippen molar-refractivity contribution in [3.63, 3.8) is 0 Å². The molecule has 0 aliphatic heterocycles. The highest BCUT2D eigenvalue weighted by atomic mass is 35.5. The number of hydrogen-bond acceptors (Lipinski definition) is 2. The Labute approximate surface area is 127 Å². The lowest BCUT2D eigenvalue weighted by Gasteiger charge is -2.09. The Kier molecular flexibility index (Phi) is 4.60. The van der Waals surface area contributed by atoms with Gasteiger partial charge in [0.05, 0.1) is 22.7 Å². The molecule has 0 spiro atoms. The molecule has 2 aromatic carbocycles. The Balaban J connectivity index is 2.16. The first kappa shape index (κ1) is 15.1. The van der Waals surface area contributed by atoms with E-state index < -0.39 is 5.97 Å². The number of aryl methyl sites for hydroxylation is 1. The molecule has 0 saturated heterocycles. The van der Waals surface area contributed by atoms with Gasteiger partial charge in [0, 0.05) is 0 Å². The molecule has 0 saturated carbocycles. The Bertz CT molecular complexity index is 698. The summed E-state index contributed by atoms with van der Waals surface area (Å²) < 4.78 is 0. The Morgan fingerprint density at radius 3 is 2.62 bits per heavy atom. The number of rotatable bonds is 4. The minimum atomic E-state index is -1.05. The summed E-state index contributed by atoms with van der Waals surface area (Å²) in [5, 5.41) is 12.2. The zero-order valence-electron chi connectivity index (χ0n) is 11.4. The van der Waals surface area contributed by atoms with Gasteiger partial charge < -0.3 is 10.4 Å². The number of carboxylic acids is 1. The number of benzene rings is 2. The van der Waals surface area contributed by atoms with Gasteiger partial charge in [0.1, 0.15) is 0 Å². The fourth-order valence-electron chi connectivity index (χ4n) is 1.99. The van der Waals surface area contributed by atoms with Crippen LogP contribution in [0.4, 0.5) is 5.69 Å². The summed E-state index contributed by atoms with van der Waals surface area (Å²) in [5.74, 6) is -1.36. The Hall–Kier alpha value is -2.33. The molecular weight excluding hydrogens is 290 g/mol. The third kappa shape index (κ3) is 3.83. The molecule has 0 atom stereocenters. The molecule has 0 aromatic heterocycles. The molecule has 108 valence electrons. The summed E-state index contributed by atoms with van der Waals surface area (Å²) in [6.07, 6.45) is -0.0211. The fourth-order valence-corrected chi connectivity index (χ4v) is 2.15. The molecule has 4 nitrogen and oxygen atoms in total. The average Bonchev–Trinajstić information content (AvgIpc) is 2.43. The van der Waals surface area contributed by atoms with Gasteiger partial charge in [-0.25, -0.2) is 4.79 Å². The maximum absolute atomic E-state index is 12.1. The molecule has 1 amide bonds. The number of anilines is 1. The summed E-state index contributed by atoms with van der Waals surface area (Å²) >= 11 is 6.02. The Morgan fingerprint density at radius 1 is 1.19 bits per heavy atom. The first-order chi connectivity index (χ1) is 9.97. The molecule has 5 heteroatoms. The van der Waals surface area contributed by atoms with E-state index in [2.05, 4.69) is 5.32 Å². The third-order valence-corrected chi connectivity index (χ3v) is 3.32. The Morgan fingerprint density at radius 2 is 1.90 bits per heavy atom. The van der Waals surface area contributed by atoms with Crippen LogP contribution in [0.5, 0.6) is 0 Å². The van der Waals surface area contributed by atoms with Gasteiger partial charge in [-0.05, 0) is 36.2 Å². The summed E-state index contributed by atoms with van der Waals surface area (Å²) in [6, 6.07) is 11.8. The van der Waals surface area contributed by atoms with Gasteiger partial charge in [0.15, 0.2) is 0 Å². The lowest BCUT2D eigenvalue weighted by molar-refractivity contribution is -0.115. The number of aromatic carboxylic acids is 1. The van der Waals surface area contributed by atoms with Crippen molar-refractivity contribution in [2.24, 2.45) is 0 Å². The van der Waals surface area contributed by atoms with Gasteiger partial charge >= 0.3 is 5.97 Å². The zero-order valence-corrected chi connectivity index (χ0v) is 12.1. The predicted molar refractivity (Wildman–Crippen MR) is 81.9 cm³/mol. The average molecular weight is 304 g/mol. The van der Waals surface area contributed by atoms with E-state index in [4.69, 9.17) is 16.7 Å². The van der Waals surface area contributed by atoms with Crippen LogP contribution >= 0.6 is 11.6 Å². The van der Waals surface area contributed by atoms with Crippen LogP contribution in [0.1, 0.15) is 21.5 Å².